The van der Waals surface area contributed by atoms with Crippen molar-refractivity contribution >= 4 is 34.8 Å². The summed E-state index contributed by atoms with van der Waals surface area (Å²) in [6.07, 6.45) is 0. The highest BCUT2D eigenvalue weighted by Gasteiger charge is 2.24. The molecule has 0 spiro atoms. The molecule has 23 heavy (non-hydrogen) atoms. The summed E-state index contributed by atoms with van der Waals surface area (Å²) in [5.74, 6) is -1.18. The average Bonchev–Trinajstić information content (AvgIpc) is 2.50. The van der Waals surface area contributed by atoms with Gasteiger partial charge >= 0.3 is 0 Å². The Bertz CT molecular complexity index is 763. The Labute approximate surface area is 141 Å². The van der Waals surface area contributed by atoms with E-state index in [0.29, 0.717) is 0 Å². The van der Waals surface area contributed by atoms with Crippen molar-refractivity contribution in [2.75, 3.05) is 7.05 Å². The molecule has 0 heterocycles. The minimum absolute atomic E-state index is 0.121. The van der Waals surface area contributed by atoms with E-state index in [2.05, 4.69) is 0 Å². The molecule has 1 amide bonds. The van der Waals surface area contributed by atoms with E-state index in [0.717, 1.165) is 11.0 Å². The molecule has 2 aromatic rings. The molecule has 5 nitrogen and oxygen atoms in total. The Kier molecular flexibility index (Phi) is 5.18. The lowest BCUT2D eigenvalue weighted by molar-refractivity contribution is -0.385. The summed E-state index contributed by atoms with van der Waals surface area (Å²) < 4.78 is 13.8. The number of nitro groups is 1. The maximum atomic E-state index is 13.8. The second kappa shape index (κ2) is 6.93. The predicted octanol–water partition coefficient (Wildman–Crippen LogP) is 4.31. The smallest absolute Gasteiger partial charge is 0.283 e. The average molecular weight is 357 g/mol. The zero-order valence-corrected chi connectivity index (χ0v) is 13.4. The van der Waals surface area contributed by atoms with Crippen LogP contribution in [0.4, 0.5) is 10.1 Å². The van der Waals surface area contributed by atoms with Crippen molar-refractivity contribution in [2.45, 2.75) is 6.54 Å². The Morgan fingerprint density at radius 2 is 2.00 bits per heavy atom. The van der Waals surface area contributed by atoms with Gasteiger partial charge < -0.3 is 4.90 Å². The number of carbonyl (C=O) groups is 1. The van der Waals surface area contributed by atoms with Crippen molar-refractivity contribution < 1.29 is 14.1 Å². The van der Waals surface area contributed by atoms with Gasteiger partial charge in [-0.3, -0.25) is 14.9 Å². The summed E-state index contributed by atoms with van der Waals surface area (Å²) in [6, 6.07) is 7.92. The molecule has 0 saturated heterocycles. The van der Waals surface area contributed by atoms with Gasteiger partial charge in [0.1, 0.15) is 11.4 Å². The molecule has 0 aliphatic heterocycles. The second-order valence-electron chi connectivity index (χ2n) is 4.78. The van der Waals surface area contributed by atoms with Crippen molar-refractivity contribution in [2.24, 2.45) is 0 Å². The maximum Gasteiger partial charge on any atom is 0.283 e. The number of hydrogen-bond acceptors (Lipinski definition) is 3. The van der Waals surface area contributed by atoms with Gasteiger partial charge in [0, 0.05) is 35.3 Å². The minimum Gasteiger partial charge on any atom is -0.337 e. The number of nitro benzene ring substituents is 1. The van der Waals surface area contributed by atoms with Crippen LogP contribution in [0.25, 0.3) is 0 Å². The van der Waals surface area contributed by atoms with Crippen molar-refractivity contribution in [3.05, 3.63) is 73.5 Å². The van der Waals surface area contributed by atoms with E-state index in [-0.39, 0.29) is 27.7 Å². The monoisotopic (exact) mass is 356 g/mol. The van der Waals surface area contributed by atoms with E-state index in [1.165, 1.54) is 37.4 Å². The first-order valence-electron chi connectivity index (χ1n) is 6.43. The summed E-state index contributed by atoms with van der Waals surface area (Å²) in [5, 5.41) is 11.4. The highest BCUT2D eigenvalue weighted by molar-refractivity contribution is 6.31. The number of nitrogens with zero attached hydrogens (tertiary/aromatic N) is 2. The third kappa shape index (κ3) is 3.78. The van der Waals surface area contributed by atoms with Gasteiger partial charge in [-0.1, -0.05) is 29.3 Å². The molecule has 0 radical (unpaired) electrons. The lowest BCUT2D eigenvalue weighted by Gasteiger charge is -2.18. The van der Waals surface area contributed by atoms with Crippen molar-refractivity contribution in [3.8, 4) is 0 Å². The van der Waals surface area contributed by atoms with Gasteiger partial charge in [0.15, 0.2) is 0 Å². The summed E-state index contributed by atoms with van der Waals surface area (Å²) in [4.78, 5) is 23.9. The first kappa shape index (κ1) is 17.2. The second-order valence-corrected chi connectivity index (χ2v) is 5.62. The van der Waals surface area contributed by atoms with Gasteiger partial charge in [-0.2, -0.15) is 0 Å². The van der Waals surface area contributed by atoms with E-state index in [1.807, 2.05) is 0 Å². The molecule has 8 heteroatoms. The number of rotatable bonds is 4. The first-order valence-corrected chi connectivity index (χ1v) is 7.19. The molecule has 0 fully saturated rings. The lowest BCUT2D eigenvalue weighted by Crippen LogP contribution is -2.27. The van der Waals surface area contributed by atoms with E-state index >= 15 is 0 Å². The molecule has 120 valence electrons. The summed E-state index contributed by atoms with van der Waals surface area (Å²) in [7, 11) is 1.41. The van der Waals surface area contributed by atoms with Crippen LogP contribution in [0.3, 0.4) is 0 Å². The highest BCUT2D eigenvalue weighted by Crippen LogP contribution is 2.26. The minimum atomic E-state index is -0.691. The third-order valence-electron chi connectivity index (χ3n) is 3.19. The van der Waals surface area contributed by atoms with Crippen molar-refractivity contribution in [3.63, 3.8) is 0 Å². The standard InChI is InChI=1S/C15H11Cl2FN2O3/c1-19(8-11-12(17)3-2-4-13(11)18)15(21)10-6-5-9(16)7-14(10)20(22)23/h2-7H,8H2,1H3. The molecule has 0 bridgehead atoms. The van der Waals surface area contributed by atoms with Crippen LogP contribution in [-0.4, -0.2) is 22.8 Å². The Hall–Kier alpha value is -2.18. The van der Waals surface area contributed by atoms with Crippen LogP contribution in [-0.2, 0) is 6.54 Å². The largest absolute Gasteiger partial charge is 0.337 e. The normalized spacial score (nSPS) is 10.4. The Morgan fingerprint density at radius 3 is 2.61 bits per heavy atom. The van der Waals surface area contributed by atoms with Crippen molar-refractivity contribution in [1.82, 2.24) is 4.90 Å². The molecule has 2 rings (SSSR count). The molecule has 0 aliphatic rings. The molecule has 2 aromatic carbocycles. The fraction of sp³-hybridized carbons (Fsp3) is 0.133. The fourth-order valence-corrected chi connectivity index (χ4v) is 2.42. The zero-order valence-electron chi connectivity index (χ0n) is 11.9. The van der Waals surface area contributed by atoms with Gasteiger partial charge in [0.25, 0.3) is 11.6 Å². The van der Waals surface area contributed by atoms with E-state index in [9.17, 15) is 19.3 Å². The van der Waals surface area contributed by atoms with Gasteiger partial charge in [0.05, 0.1) is 4.92 Å². The van der Waals surface area contributed by atoms with Crippen LogP contribution >= 0.6 is 23.2 Å². The Balaban J connectivity index is 2.32. The van der Waals surface area contributed by atoms with Crippen LogP contribution < -0.4 is 0 Å². The van der Waals surface area contributed by atoms with Crippen LogP contribution in [0.5, 0.6) is 0 Å². The molecular weight excluding hydrogens is 346 g/mol. The summed E-state index contributed by atoms with van der Waals surface area (Å²) >= 11 is 11.6. The van der Waals surface area contributed by atoms with Gasteiger partial charge in [-0.15, -0.1) is 0 Å². The Morgan fingerprint density at radius 1 is 1.30 bits per heavy atom. The maximum absolute atomic E-state index is 13.8. The zero-order chi connectivity index (χ0) is 17.1. The first-order chi connectivity index (χ1) is 10.8. The van der Waals surface area contributed by atoms with E-state index in [1.54, 1.807) is 0 Å². The molecule has 0 saturated carbocycles. The number of carbonyl (C=O) groups excluding carboxylic acids is 1. The van der Waals surface area contributed by atoms with Gasteiger partial charge in [-0.25, -0.2) is 4.39 Å². The highest BCUT2D eigenvalue weighted by atomic mass is 35.5. The summed E-state index contributed by atoms with van der Waals surface area (Å²) in [6.45, 7) is -0.121. The van der Waals surface area contributed by atoms with Crippen LogP contribution in [0, 0.1) is 15.9 Å². The SMILES string of the molecule is CN(Cc1c(F)cccc1Cl)C(=O)c1ccc(Cl)cc1[N+](=O)[O-]. The topological polar surface area (TPSA) is 63.5 Å². The molecular formula is C15H11Cl2FN2O3. The predicted molar refractivity (Wildman–Crippen MR) is 85.3 cm³/mol. The van der Waals surface area contributed by atoms with E-state index in [4.69, 9.17) is 23.2 Å². The van der Waals surface area contributed by atoms with E-state index < -0.39 is 22.3 Å². The molecule has 0 unspecified atom stereocenters. The molecule has 0 aromatic heterocycles. The molecule has 0 aliphatic carbocycles. The van der Waals surface area contributed by atoms with Crippen LogP contribution in [0.15, 0.2) is 36.4 Å². The number of benzene rings is 2. The summed E-state index contributed by atoms with van der Waals surface area (Å²) in [5.41, 5.74) is -0.398. The lowest BCUT2D eigenvalue weighted by atomic mass is 10.1. The van der Waals surface area contributed by atoms with Crippen LogP contribution in [0.1, 0.15) is 15.9 Å². The van der Waals surface area contributed by atoms with Gasteiger partial charge in [-0.05, 0) is 24.3 Å². The third-order valence-corrected chi connectivity index (χ3v) is 3.78. The molecule has 0 N–H and O–H groups in total. The molecule has 0 atom stereocenters. The number of halogens is 3. The van der Waals surface area contributed by atoms with Crippen molar-refractivity contribution in [1.29, 1.82) is 0 Å². The van der Waals surface area contributed by atoms with Crippen LogP contribution in [0.2, 0.25) is 10.0 Å². The fourth-order valence-electron chi connectivity index (χ4n) is 2.03. The quantitative estimate of drug-likeness (QED) is 0.605. The van der Waals surface area contributed by atoms with Gasteiger partial charge in [0.2, 0.25) is 0 Å². The number of hydrogen-bond donors (Lipinski definition) is 0. The number of amides is 1.